The van der Waals surface area contributed by atoms with Crippen LogP contribution < -0.4 is 11.5 Å². The zero-order chi connectivity index (χ0) is 11.7. The molecule has 1 aromatic heterocycles. The van der Waals surface area contributed by atoms with Crippen LogP contribution in [0, 0.1) is 5.82 Å². The molecule has 0 atom stereocenters. The third kappa shape index (κ3) is 1.90. The SMILES string of the molecule is Nc1ncc(-c2cc(Cl)ccc2F)c(N)n1. The molecule has 4 N–H and O–H groups in total. The molecule has 0 saturated carbocycles. The van der Waals surface area contributed by atoms with Crippen LogP contribution in [0.5, 0.6) is 0 Å². The minimum Gasteiger partial charge on any atom is -0.383 e. The van der Waals surface area contributed by atoms with Gasteiger partial charge in [-0.15, -0.1) is 0 Å². The summed E-state index contributed by atoms with van der Waals surface area (Å²) >= 11 is 5.78. The van der Waals surface area contributed by atoms with Crippen molar-refractivity contribution in [2.45, 2.75) is 0 Å². The summed E-state index contributed by atoms with van der Waals surface area (Å²) in [6.45, 7) is 0. The van der Waals surface area contributed by atoms with Gasteiger partial charge in [0.15, 0.2) is 0 Å². The van der Waals surface area contributed by atoms with E-state index in [1.54, 1.807) is 0 Å². The molecule has 0 aliphatic heterocycles. The van der Waals surface area contributed by atoms with Gasteiger partial charge in [-0.3, -0.25) is 0 Å². The highest BCUT2D eigenvalue weighted by Gasteiger charge is 2.10. The summed E-state index contributed by atoms with van der Waals surface area (Å²) in [4.78, 5) is 7.52. The van der Waals surface area contributed by atoms with E-state index in [1.807, 2.05) is 0 Å². The Labute approximate surface area is 96.1 Å². The van der Waals surface area contributed by atoms with Crippen molar-refractivity contribution in [3.63, 3.8) is 0 Å². The number of nitrogens with zero attached hydrogens (tertiary/aromatic N) is 2. The smallest absolute Gasteiger partial charge is 0.221 e. The van der Waals surface area contributed by atoms with E-state index in [1.165, 1.54) is 24.4 Å². The minimum atomic E-state index is -0.440. The lowest BCUT2D eigenvalue weighted by Gasteiger charge is -2.06. The molecule has 0 aliphatic rings. The number of benzene rings is 1. The third-order valence-electron chi connectivity index (χ3n) is 2.06. The Hall–Kier alpha value is -1.88. The van der Waals surface area contributed by atoms with E-state index in [0.29, 0.717) is 10.6 Å². The Kier molecular flexibility index (Phi) is 2.62. The molecule has 16 heavy (non-hydrogen) atoms. The Morgan fingerprint density at radius 3 is 2.62 bits per heavy atom. The molecular weight excluding hydrogens is 231 g/mol. The molecule has 6 heteroatoms. The van der Waals surface area contributed by atoms with Crippen molar-refractivity contribution in [1.82, 2.24) is 9.97 Å². The van der Waals surface area contributed by atoms with E-state index in [9.17, 15) is 4.39 Å². The van der Waals surface area contributed by atoms with Crippen molar-refractivity contribution in [2.24, 2.45) is 0 Å². The molecule has 0 bridgehead atoms. The summed E-state index contributed by atoms with van der Waals surface area (Å²) in [5, 5.41) is 0.410. The Morgan fingerprint density at radius 1 is 1.19 bits per heavy atom. The first-order valence-corrected chi connectivity index (χ1v) is 4.79. The van der Waals surface area contributed by atoms with Crippen molar-refractivity contribution in [3.8, 4) is 11.1 Å². The maximum Gasteiger partial charge on any atom is 0.221 e. The second-order valence-corrected chi connectivity index (χ2v) is 3.59. The zero-order valence-corrected chi connectivity index (χ0v) is 8.87. The Balaban J connectivity index is 2.62. The van der Waals surface area contributed by atoms with Crippen LogP contribution in [0.25, 0.3) is 11.1 Å². The van der Waals surface area contributed by atoms with Crippen LogP contribution in [0.4, 0.5) is 16.2 Å². The van der Waals surface area contributed by atoms with Crippen LogP contribution in [0.2, 0.25) is 5.02 Å². The van der Waals surface area contributed by atoms with E-state index in [-0.39, 0.29) is 17.3 Å². The highest BCUT2D eigenvalue weighted by Crippen LogP contribution is 2.28. The van der Waals surface area contributed by atoms with E-state index < -0.39 is 5.82 Å². The van der Waals surface area contributed by atoms with E-state index >= 15 is 0 Å². The highest BCUT2D eigenvalue weighted by molar-refractivity contribution is 6.30. The zero-order valence-electron chi connectivity index (χ0n) is 8.11. The van der Waals surface area contributed by atoms with Crippen LogP contribution in [0.3, 0.4) is 0 Å². The van der Waals surface area contributed by atoms with Gasteiger partial charge in [0.1, 0.15) is 11.6 Å². The normalized spacial score (nSPS) is 10.4. The maximum absolute atomic E-state index is 13.5. The van der Waals surface area contributed by atoms with Crippen LogP contribution in [0.15, 0.2) is 24.4 Å². The monoisotopic (exact) mass is 238 g/mol. The van der Waals surface area contributed by atoms with Gasteiger partial charge in [0.25, 0.3) is 0 Å². The molecule has 1 aromatic carbocycles. The van der Waals surface area contributed by atoms with Crippen molar-refractivity contribution in [2.75, 3.05) is 11.5 Å². The third-order valence-corrected chi connectivity index (χ3v) is 2.29. The molecule has 0 unspecified atom stereocenters. The topological polar surface area (TPSA) is 77.8 Å². The van der Waals surface area contributed by atoms with E-state index in [2.05, 4.69) is 9.97 Å². The lowest BCUT2D eigenvalue weighted by Crippen LogP contribution is -2.01. The van der Waals surface area contributed by atoms with Gasteiger partial charge in [-0.05, 0) is 18.2 Å². The summed E-state index contributed by atoms with van der Waals surface area (Å²) in [5.41, 5.74) is 11.6. The van der Waals surface area contributed by atoms with Crippen molar-refractivity contribution in [1.29, 1.82) is 0 Å². The molecule has 0 fully saturated rings. The largest absolute Gasteiger partial charge is 0.383 e. The molecule has 0 saturated heterocycles. The second kappa shape index (κ2) is 3.94. The van der Waals surface area contributed by atoms with Crippen molar-refractivity contribution >= 4 is 23.4 Å². The predicted octanol–water partition coefficient (Wildman–Crippen LogP) is 2.10. The van der Waals surface area contributed by atoms with Crippen LogP contribution in [-0.4, -0.2) is 9.97 Å². The first-order valence-electron chi connectivity index (χ1n) is 4.41. The summed E-state index contributed by atoms with van der Waals surface area (Å²) in [6, 6.07) is 4.17. The average Bonchev–Trinajstić information content (AvgIpc) is 2.22. The molecular formula is C10H8ClFN4. The molecule has 4 nitrogen and oxygen atoms in total. The highest BCUT2D eigenvalue weighted by atomic mass is 35.5. The number of anilines is 2. The Bertz CT molecular complexity index is 544. The van der Waals surface area contributed by atoms with E-state index in [4.69, 9.17) is 23.1 Å². The number of aromatic nitrogens is 2. The fourth-order valence-electron chi connectivity index (χ4n) is 1.32. The van der Waals surface area contributed by atoms with Gasteiger partial charge in [0, 0.05) is 22.3 Å². The van der Waals surface area contributed by atoms with Gasteiger partial charge < -0.3 is 11.5 Å². The number of hydrogen-bond acceptors (Lipinski definition) is 4. The summed E-state index contributed by atoms with van der Waals surface area (Å²) in [7, 11) is 0. The molecule has 1 heterocycles. The minimum absolute atomic E-state index is 0.0451. The standard InChI is InChI=1S/C10H8ClFN4/c11-5-1-2-8(12)6(3-5)7-4-15-10(14)16-9(7)13/h1-4H,(H4,13,14,15,16). The van der Waals surface area contributed by atoms with Gasteiger partial charge >= 0.3 is 0 Å². The van der Waals surface area contributed by atoms with E-state index in [0.717, 1.165) is 0 Å². The van der Waals surface area contributed by atoms with Gasteiger partial charge in [-0.25, -0.2) is 9.37 Å². The maximum atomic E-state index is 13.5. The van der Waals surface area contributed by atoms with Gasteiger partial charge in [-0.2, -0.15) is 4.98 Å². The molecule has 0 aliphatic carbocycles. The van der Waals surface area contributed by atoms with Gasteiger partial charge in [0.2, 0.25) is 5.95 Å². The van der Waals surface area contributed by atoms with Gasteiger partial charge in [0.05, 0.1) is 0 Å². The summed E-state index contributed by atoms with van der Waals surface area (Å²) in [6.07, 6.45) is 1.37. The molecule has 0 radical (unpaired) electrons. The number of halogens is 2. The molecule has 2 aromatic rings. The lowest BCUT2D eigenvalue weighted by atomic mass is 10.1. The molecule has 82 valence electrons. The second-order valence-electron chi connectivity index (χ2n) is 3.15. The Morgan fingerprint density at radius 2 is 1.94 bits per heavy atom. The van der Waals surface area contributed by atoms with Crippen LogP contribution >= 0.6 is 11.6 Å². The summed E-state index contributed by atoms with van der Waals surface area (Å²) < 4.78 is 13.5. The lowest BCUT2D eigenvalue weighted by molar-refractivity contribution is 0.631. The van der Waals surface area contributed by atoms with Crippen LogP contribution in [0.1, 0.15) is 0 Å². The predicted molar refractivity (Wildman–Crippen MR) is 61.3 cm³/mol. The molecule has 0 spiro atoms. The molecule has 0 amide bonds. The number of nitrogens with two attached hydrogens (primary N) is 2. The quantitative estimate of drug-likeness (QED) is 0.798. The number of rotatable bonds is 1. The average molecular weight is 239 g/mol. The van der Waals surface area contributed by atoms with Crippen molar-refractivity contribution < 1.29 is 4.39 Å². The first-order chi connectivity index (χ1) is 7.58. The van der Waals surface area contributed by atoms with Crippen LogP contribution in [-0.2, 0) is 0 Å². The van der Waals surface area contributed by atoms with Crippen molar-refractivity contribution in [3.05, 3.63) is 35.2 Å². The first kappa shape index (κ1) is 10.6. The summed E-state index contributed by atoms with van der Waals surface area (Å²) in [5.74, 6) is -0.276. The van der Waals surface area contributed by atoms with Gasteiger partial charge in [-0.1, -0.05) is 11.6 Å². The molecule has 2 rings (SSSR count). The fraction of sp³-hybridized carbons (Fsp3) is 0. The number of hydrogen-bond donors (Lipinski definition) is 2. The number of nitrogen functional groups attached to an aromatic ring is 2. The fourth-order valence-corrected chi connectivity index (χ4v) is 1.49.